The molecular weight excluding hydrogens is 677 g/mol. The Morgan fingerprint density at radius 3 is 2.12 bits per heavy atom. The molecular formula is C39H47Cl2N3O4S. The molecule has 1 atom stereocenters. The molecule has 10 heteroatoms. The molecule has 4 aliphatic carbocycles. The van der Waals surface area contributed by atoms with E-state index in [1.165, 1.54) is 49.0 Å². The molecule has 7 rings (SSSR count). The second-order valence-electron chi connectivity index (χ2n) is 14.6. The maximum absolute atomic E-state index is 14.5. The van der Waals surface area contributed by atoms with Gasteiger partial charge >= 0.3 is 0 Å². The molecule has 0 radical (unpaired) electrons. The molecule has 4 saturated carbocycles. The van der Waals surface area contributed by atoms with Crippen molar-refractivity contribution in [3.05, 3.63) is 99.5 Å². The van der Waals surface area contributed by atoms with Crippen LogP contribution < -0.4 is 9.62 Å². The standard InChI is InChI=1S/C39H47Cl2N3O4S/c1-3-4-16-42-38(46)36(20-27-8-6-5-7-9-27)43(25-31-10-13-33(40)21-35(31)41)37(45)26-44(49(2,47)48)34-14-11-32(12-15-34)39-22-28-17-29(23-39)19-30(18-28)24-39/h5-15,21,28-30,36H,3-4,16-20,22-26H2,1-2H3,(H,42,46). The Balaban J connectivity index is 1.31. The van der Waals surface area contributed by atoms with Gasteiger partial charge in [0.05, 0.1) is 11.9 Å². The highest BCUT2D eigenvalue weighted by Crippen LogP contribution is 2.60. The van der Waals surface area contributed by atoms with E-state index in [0.717, 1.165) is 46.7 Å². The number of sulfonamides is 1. The van der Waals surface area contributed by atoms with Crippen LogP contribution in [0.15, 0.2) is 72.8 Å². The second kappa shape index (κ2) is 15.0. The minimum Gasteiger partial charge on any atom is -0.354 e. The van der Waals surface area contributed by atoms with Crippen LogP contribution in [0.3, 0.4) is 0 Å². The van der Waals surface area contributed by atoms with Gasteiger partial charge in [0.1, 0.15) is 12.6 Å². The minimum absolute atomic E-state index is 0.00388. The molecule has 0 saturated heterocycles. The molecule has 262 valence electrons. The zero-order valence-electron chi connectivity index (χ0n) is 28.4. The molecule has 49 heavy (non-hydrogen) atoms. The van der Waals surface area contributed by atoms with Crippen LogP contribution in [-0.2, 0) is 38.0 Å². The van der Waals surface area contributed by atoms with Gasteiger partial charge in [0.25, 0.3) is 0 Å². The lowest BCUT2D eigenvalue weighted by molar-refractivity contribution is -0.140. The average Bonchev–Trinajstić information content (AvgIpc) is 3.05. The zero-order chi connectivity index (χ0) is 34.8. The predicted octanol–water partition coefficient (Wildman–Crippen LogP) is 7.78. The molecule has 3 aromatic rings. The smallest absolute Gasteiger partial charge is 0.244 e. The van der Waals surface area contributed by atoms with Gasteiger partial charge in [-0.15, -0.1) is 0 Å². The Kier molecular flexibility index (Phi) is 11.0. The van der Waals surface area contributed by atoms with Gasteiger partial charge in [-0.25, -0.2) is 8.42 Å². The Morgan fingerprint density at radius 2 is 1.55 bits per heavy atom. The normalized spacial score (nSPS) is 23.2. The van der Waals surface area contributed by atoms with E-state index in [-0.39, 0.29) is 24.3 Å². The third-order valence-corrected chi connectivity index (χ3v) is 12.7. The summed E-state index contributed by atoms with van der Waals surface area (Å²) in [5, 5.41) is 3.81. The van der Waals surface area contributed by atoms with Crippen molar-refractivity contribution in [2.75, 3.05) is 23.7 Å². The highest BCUT2D eigenvalue weighted by Gasteiger charge is 2.51. The van der Waals surface area contributed by atoms with Gasteiger partial charge in [-0.3, -0.25) is 13.9 Å². The summed E-state index contributed by atoms with van der Waals surface area (Å²) in [6.07, 6.45) is 10.7. The van der Waals surface area contributed by atoms with Gasteiger partial charge in [-0.2, -0.15) is 0 Å². The first-order chi connectivity index (χ1) is 23.4. The lowest BCUT2D eigenvalue weighted by Gasteiger charge is -2.57. The number of carbonyl (C=O) groups is 2. The molecule has 7 nitrogen and oxygen atoms in total. The first kappa shape index (κ1) is 35.7. The Hall–Kier alpha value is -3.07. The first-order valence-electron chi connectivity index (χ1n) is 17.6. The van der Waals surface area contributed by atoms with Gasteiger partial charge in [-0.05, 0) is 109 Å². The molecule has 4 bridgehead atoms. The van der Waals surface area contributed by atoms with Gasteiger partial charge in [0.15, 0.2) is 0 Å². The second-order valence-corrected chi connectivity index (χ2v) is 17.4. The lowest BCUT2D eigenvalue weighted by Crippen LogP contribution is -2.53. The molecule has 4 fully saturated rings. The maximum atomic E-state index is 14.5. The predicted molar refractivity (Wildman–Crippen MR) is 197 cm³/mol. The Bertz CT molecular complexity index is 1710. The van der Waals surface area contributed by atoms with Gasteiger partial charge in [0.2, 0.25) is 21.8 Å². The van der Waals surface area contributed by atoms with Crippen molar-refractivity contribution in [2.45, 2.75) is 82.7 Å². The van der Waals surface area contributed by atoms with E-state index >= 15 is 0 Å². The third kappa shape index (κ3) is 8.29. The molecule has 0 aromatic heterocycles. The fourth-order valence-electron chi connectivity index (χ4n) is 8.95. The molecule has 0 spiro atoms. The number of hydrogen-bond donors (Lipinski definition) is 1. The number of nitrogens with one attached hydrogen (secondary N) is 1. The number of benzene rings is 3. The molecule has 4 aliphatic rings. The van der Waals surface area contributed by atoms with Crippen LogP contribution in [0.25, 0.3) is 0 Å². The fourth-order valence-corrected chi connectivity index (χ4v) is 10.3. The van der Waals surface area contributed by atoms with Crippen LogP contribution in [0.4, 0.5) is 5.69 Å². The summed E-state index contributed by atoms with van der Waals surface area (Å²) >= 11 is 12.8. The summed E-state index contributed by atoms with van der Waals surface area (Å²) < 4.78 is 27.9. The number of nitrogens with zero attached hydrogens (tertiary/aromatic N) is 2. The Labute approximate surface area is 301 Å². The van der Waals surface area contributed by atoms with Crippen molar-refractivity contribution in [1.29, 1.82) is 0 Å². The van der Waals surface area contributed by atoms with Crippen molar-refractivity contribution < 1.29 is 18.0 Å². The number of carbonyl (C=O) groups excluding carboxylic acids is 2. The highest BCUT2D eigenvalue weighted by atomic mass is 35.5. The Morgan fingerprint density at radius 1 is 0.918 bits per heavy atom. The van der Waals surface area contributed by atoms with E-state index in [1.54, 1.807) is 18.2 Å². The number of anilines is 1. The fraction of sp³-hybridized carbons (Fsp3) is 0.487. The molecule has 0 aliphatic heterocycles. The van der Waals surface area contributed by atoms with Gasteiger partial charge in [0, 0.05) is 29.6 Å². The maximum Gasteiger partial charge on any atom is 0.244 e. The monoisotopic (exact) mass is 723 g/mol. The molecule has 1 unspecified atom stereocenters. The largest absolute Gasteiger partial charge is 0.354 e. The minimum atomic E-state index is -3.87. The van der Waals surface area contributed by atoms with Crippen LogP contribution in [-0.4, -0.2) is 50.5 Å². The number of unbranched alkanes of at least 4 members (excludes halogenated alkanes) is 1. The van der Waals surface area contributed by atoms with Gasteiger partial charge in [-0.1, -0.05) is 85.1 Å². The molecule has 1 N–H and O–H groups in total. The lowest BCUT2D eigenvalue weighted by atomic mass is 9.48. The SMILES string of the molecule is CCCCNC(=O)C(Cc1ccccc1)N(Cc1ccc(Cl)cc1Cl)C(=O)CN(c1ccc(C23CC4CC(CC(C4)C2)C3)cc1)S(C)(=O)=O. The summed E-state index contributed by atoms with van der Waals surface area (Å²) in [5.74, 6) is 1.56. The number of amides is 2. The number of halogens is 2. The van der Waals surface area contributed by atoms with E-state index in [1.807, 2.05) is 49.4 Å². The summed E-state index contributed by atoms with van der Waals surface area (Å²) in [7, 11) is -3.87. The summed E-state index contributed by atoms with van der Waals surface area (Å²) in [4.78, 5) is 29.8. The van der Waals surface area contributed by atoms with E-state index in [9.17, 15) is 18.0 Å². The first-order valence-corrected chi connectivity index (χ1v) is 20.2. The zero-order valence-corrected chi connectivity index (χ0v) is 30.7. The van der Waals surface area contributed by atoms with Crippen LogP contribution in [0, 0.1) is 17.8 Å². The third-order valence-electron chi connectivity index (χ3n) is 10.9. The van der Waals surface area contributed by atoms with E-state index in [4.69, 9.17) is 23.2 Å². The van der Waals surface area contributed by atoms with Crippen LogP contribution >= 0.6 is 23.2 Å². The van der Waals surface area contributed by atoms with E-state index in [0.29, 0.717) is 27.8 Å². The number of rotatable bonds is 14. The molecule has 2 amide bonds. The quantitative estimate of drug-likeness (QED) is 0.172. The molecule has 0 heterocycles. The molecule has 3 aromatic carbocycles. The van der Waals surface area contributed by atoms with Crippen molar-refractivity contribution in [3.8, 4) is 0 Å². The van der Waals surface area contributed by atoms with Crippen molar-refractivity contribution in [1.82, 2.24) is 10.2 Å². The van der Waals surface area contributed by atoms with Crippen LogP contribution in [0.5, 0.6) is 0 Å². The summed E-state index contributed by atoms with van der Waals surface area (Å²) in [5.41, 5.74) is 3.35. The van der Waals surface area contributed by atoms with Gasteiger partial charge < -0.3 is 10.2 Å². The van der Waals surface area contributed by atoms with Crippen molar-refractivity contribution in [2.24, 2.45) is 17.8 Å². The van der Waals surface area contributed by atoms with Crippen molar-refractivity contribution >= 4 is 50.7 Å². The number of hydrogen-bond acceptors (Lipinski definition) is 4. The van der Waals surface area contributed by atoms with E-state index in [2.05, 4.69) is 17.4 Å². The average molecular weight is 725 g/mol. The summed E-state index contributed by atoms with van der Waals surface area (Å²) in [6, 6.07) is 21.5. The topological polar surface area (TPSA) is 86.8 Å². The van der Waals surface area contributed by atoms with E-state index < -0.39 is 28.5 Å². The van der Waals surface area contributed by atoms with Crippen molar-refractivity contribution in [3.63, 3.8) is 0 Å². The highest BCUT2D eigenvalue weighted by molar-refractivity contribution is 7.92. The summed E-state index contributed by atoms with van der Waals surface area (Å²) in [6.45, 7) is 2.04. The van der Waals surface area contributed by atoms with Crippen LogP contribution in [0.2, 0.25) is 10.0 Å². The van der Waals surface area contributed by atoms with Crippen LogP contribution in [0.1, 0.15) is 75.0 Å².